The molecule has 1 aromatic heterocycles. The van der Waals surface area contributed by atoms with Crippen molar-refractivity contribution in [1.82, 2.24) is 15.6 Å². The van der Waals surface area contributed by atoms with Gasteiger partial charge in [0, 0.05) is 32.4 Å². The molecule has 0 aromatic carbocycles. The number of guanidine groups is 1. The molecule has 8 heteroatoms. The lowest BCUT2D eigenvalue weighted by Gasteiger charge is -2.17. The van der Waals surface area contributed by atoms with Gasteiger partial charge in [-0.15, -0.1) is 0 Å². The van der Waals surface area contributed by atoms with Gasteiger partial charge in [-0.25, -0.2) is 4.98 Å². The molecule has 5 nitrogen and oxygen atoms in total. The Bertz CT molecular complexity index is 472. The van der Waals surface area contributed by atoms with Gasteiger partial charge in [-0.3, -0.25) is 4.99 Å². The number of rotatable bonds is 4. The SMILES string of the molecule is FC(F)(F)c1cccnc1NCCNC1=NCCCN1. The van der Waals surface area contributed by atoms with Crippen LogP contribution in [0.2, 0.25) is 0 Å². The van der Waals surface area contributed by atoms with E-state index >= 15 is 0 Å². The van der Waals surface area contributed by atoms with E-state index in [1.54, 1.807) is 0 Å². The van der Waals surface area contributed by atoms with E-state index in [4.69, 9.17) is 0 Å². The van der Waals surface area contributed by atoms with Crippen LogP contribution in [0.1, 0.15) is 12.0 Å². The minimum absolute atomic E-state index is 0.152. The van der Waals surface area contributed by atoms with E-state index in [0.717, 1.165) is 25.6 Å². The van der Waals surface area contributed by atoms with Crippen LogP contribution in [0.4, 0.5) is 19.0 Å². The largest absolute Gasteiger partial charge is 0.419 e. The van der Waals surface area contributed by atoms with Gasteiger partial charge in [-0.05, 0) is 18.6 Å². The van der Waals surface area contributed by atoms with Crippen LogP contribution in [0.25, 0.3) is 0 Å². The zero-order chi connectivity index (χ0) is 14.4. The predicted molar refractivity (Wildman–Crippen MR) is 70.7 cm³/mol. The zero-order valence-corrected chi connectivity index (χ0v) is 10.8. The van der Waals surface area contributed by atoms with Crippen LogP contribution >= 0.6 is 0 Å². The number of hydrogen-bond donors (Lipinski definition) is 3. The second-order valence-electron chi connectivity index (χ2n) is 4.26. The van der Waals surface area contributed by atoms with Gasteiger partial charge in [0.2, 0.25) is 0 Å². The summed E-state index contributed by atoms with van der Waals surface area (Å²) in [7, 11) is 0. The monoisotopic (exact) mass is 287 g/mol. The second kappa shape index (κ2) is 6.44. The van der Waals surface area contributed by atoms with Crippen LogP contribution in [-0.2, 0) is 6.18 Å². The molecular formula is C12H16F3N5. The van der Waals surface area contributed by atoms with E-state index in [-0.39, 0.29) is 5.82 Å². The summed E-state index contributed by atoms with van der Waals surface area (Å²) in [5.41, 5.74) is -0.756. The average Bonchev–Trinajstić information content (AvgIpc) is 2.44. The second-order valence-corrected chi connectivity index (χ2v) is 4.26. The van der Waals surface area contributed by atoms with Crippen molar-refractivity contribution >= 4 is 11.8 Å². The van der Waals surface area contributed by atoms with E-state index < -0.39 is 11.7 Å². The van der Waals surface area contributed by atoms with Gasteiger partial charge < -0.3 is 16.0 Å². The van der Waals surface area contributed by atoms with E-state index in [1.165, 1.54) is 12.3 Å². The van der Waals surface area contributed by atoms with Crippen molar-refractivity contribution in [3.05, 3.63) is 23.9 Å². The molecule has 1 aromatic rings. The lowest BCUT2D eigenvalue weighted by molar-refractivity contribution is -0.137. The Balaban J connectivity index is 1.84. The van der Waals surface area contributed by atoms with Crippen molar-refractivity contribution in [2.75, 3.05) is 31.5 Å². The molecule has 2 heterocycles. The van der Waals surface area contributed by atoms with Crippen LogP contribution < -0.4 is 16.0 Å². The number of nitrogens with one attached hydrogen (secondary N) is 3. The normalized spacial score (nSPS) is 15.2. The van der Waals surface area contributed by atoms with Gasteiger partial charge in [0.25, 0.3) is 0 Å². The standard InChI is InChI=1S/C12H16F3N5/c13-12(14,15)9-3-1-4-16-10(9)17-7-8-20-11-18-5-2-6-19-11/h1,3-4H,2,5-8H2,(H,16,17)(H2,18,19,20). The van der Waals surface area contributed by atoms with E-state index in [1.807, 2.05) is 0 Å². The topological polar surface area (TPSA) is 61.3 Å². The third-order valence-corrected chi connectivity index (χ3v) is 2.72. The fourth-order valence-corrected chi connectivity index (χ4v) is 1.79. The quantitative estimate of drug-likeness (QED) is 0.734. The van der Waals surface area contributed by atoms with E-state index in [0.29, 0.717) is 19.0 Å². The molecule has 0 atom stereocenters. The summed E-state index contributed by atoms with van der Waals surface area (Å²) in [4.78, 5) is 7.93. The first kappa shape index (κ1) is 14.4. The maximum atomic E-state index is 12.7. The number of aliphatic imine (C=N–C) groups is 1. The summed E-state index contributed by atoms with van der Waals surface area (Å²) in [5.74, 6) is 0.537. The Labute approximate surface area is 114 Å². The minimum atomic E-state index is -4.40. The smallest absolute Gasteiger partial charge is 0.368 e. The summed E-state index contributed by atoms with van der Waals surface area (Å²) in [6, 6.07) is 2.28. The van der Waals surface area contributed by atoms with Crippen molar-refractivity contribution in [2.24, 2.45) is 4.99 Å². The number of alkyl halides is 3. The highest BCUT2D eigenvalue weighted by molar-refractivity contribution is 5.80. The number of pyridine rings is 1. The zero-order valence-electron chi connectivity index (χ0n) is 10.8. The van der Waals surface area contributed by atoms with Gasteiger partial charge in [0.15, 0.2) is 5.96 Å². The molecular weight excluding hydrogens is 271 g/mol. The molecule has 110 valence electrons. The molecule has 0 radical (unpaired) electrons. The summed E-state index contributed by atoms with van der Waals surface area (Å²) < 4.78 is 38.2. The maximum Gasteiger partial charge on any atom is 0.419 e. The number of anilines is 1. The Morgan fingerprint density at radius 3 is 2.75 bits per heavy atom. The Hall–Kier alpha value is -1.99. The van der Waals surface area contributed by atoms with Crippen molar-refractivity contribution in [2.45, 2.75) is 12.6 Å². The van der Waals surface area contributed by atoms with Crippen molar-refractivity contribution < 1.29 is 13.2 Å². The van der Waals surface area contributed by atoms with Crippen LogP contribution in [-0.4, -0.2) is 37.1 Å². The Morgan fingerprint density at radius 2 is 2.05 bits per heavy atom. The highest BCUT2D eigenvalue weighted by atomic mass is 19.4. The molecule has 1 aliphatic heterocycles. The minimum Gasteiger partial charge on any atom is -0.368 e. The van der Waals surface area contributed by atoms with Gasteiger partial charge >= 0.3 is 6.18 Å². The Morgan fingerprint density at radius 1 is 1.25 bits per heavy atom. The summed E-state index contributed by atoms with van der Waals surface area (Å²) >= 11 is 0. The van der Waals surface area contributed by atoms with Gasteiger partial charge in [0.05, 0.1) is 5.56 Å². The van der Waals surface area contributed by atoms with Crippen molar-refractivity contribution in [1.29, 1.82) is 0 Å². The van der Waals surface area contributed by atoms with Gasteiger partial charge in [-0.1, -0.05) is 0 Å². The van der Waals surface area contributed by atoms with E-state index in [9.17, 15) is 13.2 Å². The highest BCUT2D eigenvalue weighted by Gasteiger charge is 2.33. The number of aromatic nitrogens is 1. The van der Waals surface area contributed by atoms with Crippen LogP contribution in [0, 0.1) is 0 Å². The number of halogens is 3. The third-order valence-electron chi connectivity index (χ3n) is 2.72. The highest BCUT2D eigenvalue weighted by Crippen LogP contribution is 2.33. The molecule has 0 unspecified atom stereocenters. The Kier molecular flexibility index (Phi) is 4.65. The summed E-state index contributed by atoms with van der Waals surface area (Å²) in [6.07, 6.45) is -2.08. The van der Waals surface area contributed by atoms with Crippen molar-refractivity contribution in [3.63, 3.8) is 0 Å². The number of hydrogen-bond acceptors (Lipinski definition) is 5. The van der Waals surface area contributed by atoms with Gasteiger partial charge in [-0.2, -0.15) is 13.2 Å². The molecule has 2 rings (SSSR count). The first-order chi connectivity index (χ1) is 9.57. The molecule has 0 saturated heterocycles. The van der Waals surface area contributed by atoms with E-state index in [2.05, 4.69) is 25.9 Å². The molecule has 3 N–H and O–H groups in total. The lowest BCUT2D eigenvalue weighted by Crippen LogP contribution is -2.42. The molecule has 0 bridgehead atoms. The molecule has 0 amide bonds. The maximum absolute atomic E-state index is 12.7. The van der Waals surface area contributed by atoms with Crippen LogP contribution in [0.5, 0.6) is 0 Å². The molecule has 0 spiro atoms. The third kappa shape index (κ3) is 4.01. The fourth-order valence-electron chi connectivity index (χ4n) is 1.79. The molecule has 0 fully saturated rings. The predicted octanol–water partition coefficient (Wildman–Crippen LogP) is 1.45. The van der Waals surface area contributed by atoms with Gasteiger partial charge in [0.1, 0.15) is 5.82 Å². The fraction of sp³-hybridized carbons (Fsp3) is 0.500. The summed E-state index contributed by atoms with van der Waals surface area (Å²) in [6.45, 7) is 2.40. The average molecular weight is 287 g/mol. The molecule has 0 saturated carbocycles. The molecule has 1 aliphatic rings. The first-order valence-electron chi connectivity index (χ1n) is 6.35. The first-order valence-corrected chi connectivity index (χ1v) is 6.35. The lowest BCUT2D eigenvalue weighted by atomic mass is 10.2. The van der Waals surface area contributed by atoms with Crippen LogP contribution in [0.15, 0.2) is 23.3 Å². The number of nitrogens with zero attached hydrogens (tertiary/aromatic N) is 2. The van der Waals surface area contributed by atoms with Crippen LogP contribution in [0.3, 0.4) is 0 Å². The summed E-state index contributed by atoms with van der Waals surface area (Å²) in [5, 5.41) is 8.77. The van der Waals surface area contributed by atoms with Crippen molar-refractivity contribution in [3.8, 4) is 0 Å². The molecule has 20 heavy (non-hydrogen) atoms. The molecule has 0 aliphatic carbocycles.